The largest absolute Gasteiger partial charge is 0.342 e. The normalized spacial score (nSPS) is 16.6. The SMILES string of the molecule is CCSc1nnc(SC(C)C(=O)N2CCC(Cc3ccccc3)CC2)s1. The Morgan fingerprint density at radius 3 is 2.62 bits per heavy atom. The predicted octanol–water partition coefficient (Wildman–Crippen LogP) is 4.61. The van der Waals surface area contributed by atoms with Crippen molar-refractivity contribution in [1.29, 1.82) is 0 Å². The number of carbonyl (C=O) groups is 1. The maximum absolute atomic E-state index is 12.8. The van der Waals surface area contributed by atoms with Crippen LogP contribution >= 0.6 is 34.9 Å². The Morgan fingerprint density at radius 2 is 1.92 bits per heavy atom. The molecule has 2 heterocycles. The van der Waals surface area contributed by atoms with Crippen LogP contribution in [0.3, 0.4) is 0 Å². The molecule has 0 spiro atoms. The van der Waals surface area contributed by atoms with E-state index in [1.54, 1.807) is 23.1 Å². The maximum Gasteiger partial charge on any atom is 0.235 e. The first-order chi connectivity index (χ1) is 12.7. The van der Waals surface area contributed by atoms with Crippen LogP contribution < -0.4 is 0 Å². The van der Waals surface area contributed by atoms with Crippen LogP contribution in [0.4, 0.5) is 0 Å². The minimum absolute atomic E-state index is 0.104. The van der Waals surface area contributed by atoms with Crippen LogP contribution in [0.15, 0.2) is 39.0 Å². The first-order valence-electron chi connectivity index (χ1n) is 9.11. The van der Waals surface area contributed by atoms with Crippen LogP contribution in [0.25, 0.3) is 0 Å². The standard InChI is InChI=1S/C19H25N3OS3/c1-3-24-18-20-21-19(26-18)25-14(2)17(23)22-11-9-16(10-12-22)13-15-7-5-4-6-8-15/h4-8,14,16H,3,9-13H2,1-2H3. The van der Waals surface area contributed by atoms with Gasteiger partial charge in [-0.2, -0.15) is 0 Å². The van der Waals surface area contributed by atoms with Crippen LogP contribution in [0.2, 0.25) is 0 Å². The zero-order valence-corrected chi connectivity index (χ0v) is 17.7. The van der Waals surface area contributed by atoms with Crippen LogP contribution in [0.1, 0.15) is 32.3 Å². The Bertz CT molecular complexity index is 699. The third kappa shape index (κ3) is 5.47. The number of carbonyl (C=O) groups excluding carboxylic acids is 1. The summed E-state index contributed by atoms with van der Waals surface area (Å²) in [6.07, 6.45) is 3.30. The van der Waals surface area contributed by atoms with Gasteiger partial charge in [0, 0.05) is 13.1 Å². The first kappa shape index (κ1) is 19.7. The molecule has 4 nitrogen and oxygen atoms in total. The number of piperidine rings is 1. The van der Waals surface area contributed by atoms with Crippen molar-refractivity contribution in [2.45, 2.75) is 47.0 Å². The second kappa shape index (κ2) is 9.76. The molecule has 0 aliphatic carbocycles. The predicted molar refractivity (Wildman–Crippen MR) is 111 cm³/mol. The fraction of sp³-hybridized carbons (Fsp3) is 0.526. The quantitative estimate of drug-likeness (QED) is 0.627. The lowest BCUT2D eigenvalue weighted by molar-refractivity contribution is -0.131. The van der Waals surface area contributed by atoms with Gasteiger partial charge in [0.25, 0.3) is 0 Å². The summed E-state index contributed by atoms with van der Waals surface area (Å²) < 4.78 is 1.87. The zero-order valence-electron chi connectivity index (χ0n) is 15.3. The Hall–Kier alpha value is -1.05. The molecular formula is C19H25N3OS3. The number of thioether (sulfide) groups is 2. The number of amides is 1. The van der Waals surface area contributed by atoms with E-state index in [-0.39, 0.29) is 11.2 Å². The lowest BCUT2D eigenvalue weighted by atomic mass is 9.90. The summed E-state index contributed by atoms with van der Waals surface area (Å²) in [6, 6.07) is 10.7. The zero-order chi connectivity index (χ0) is 18.4. The summed E-state index contributed by atoms with van der Waals surface area (Å²) in [5.41, 5.74) is 1.40. The van der Waals surface area contributed by atoms with Gasteiger partial charge in [-0.05, 0) is 43.4 Å². The molecule has 140 valence electrons. The fourth-order valence-electron chi connectivity index (χ4n) is 3.19. The molecule has 0 saturated carbocycles. The molecule has 1 unspecified atom stereocenters. The van der Waals surface area contributed by atoms with Crippen molar-refractivity contribution >= 4 is 40.8 Å². The summed E-state index contributed by atoms with van der Waals surface area (Å²) in [4.78, 5) is 14.8. The van der Waals surface area contributed by atoms with E-state index >= 15 is 0 Å². The van der Waals surface area contributed by atoms with Crippen molar-refractivity contribution < 1.29 is 4.79 Å². The minimum Gasteiger partial charge on any atom is -0.342 e. The van der Waals surface area contributed by atoms with Crippen LogP contribution in [0.5, 0.6) is 0 Å². The lowest BCUT2D eigenvalue weighted by Crippen LogP contribution is -2.42. The van der Waals surface area contributed by atoms with E-state index in [1.165, 1.54) is 17.3 Å². The van der Waals surface area contributed by atoms with Gasteiger partial charge in [0.15, 0.2) is 8.68 Å². The Balaban J connectivity index is 1.46. The average Bonchev–Trinajstić information content (AvgIpc) is 3.10. The van der Waals surface area contributed by atoms with Crippen LogP contribution in [0, 0.1) is 5.92 Å². The molecular weight excluding hydrogens is 382 g/mol. The summed E-state index contributed by atoms with van der Waals surface area (Å²) in [5, 5.41) is 8.26. The van der Waals surface area contributed by atoms with Crippen molar-refractivity contribution in [3.8, 4) is 0 Å². The highest BCUT2D eigenvalue weighted by molar-refractivity contribution is 8.03. The summed E-state index contributed by atoms with van der Waals surface area (Å²) in [7, 11) is 0. The number of hydrogen-bond acceptors (Lipinski definition) is 6. The second-order valence-electron chi connectivity index (χ2n) is 6.49. The van der Waals surface area contributed by atoms with E-state index in [0.29, 0.717) is 5.92 Å². The molecule has 1 atom stereocenters. The molecule has 0 N–H and O–H groups in total. The van der Waals surface area contributed by atoms with Crippen molar-refractivity contribution in [2.24, 2.45) is 5.92 Å². The second-order valence-corrected chi connectivity index (χ2v) is 10.6. The van der Waals surface area contributed by atoms with Crippen molar-refractivity contribution in [3.63, 3.8) is 0 Å². The van der Waals surface area contributed by atoms with E-state index < -0.39 is 0 Å². The van der Waals surface area contributed by atoms with E-state index in [9.17, 15) is 4.79 Å². The smallest absolute Gasteiger partial charge is 0.235 e. The number of nitrogens with zero attached hydrogens (tertiary/aromatic N) is 3. The number of aromatic nitrogens is 2. The van der Waals surface area contributed by atoms with E-state index in [1.807, 2.05) is 11.8 Å². The van der Waals surface area contributed by atoms with Gasteiger partial charge in [-0.15, -0.1) is 10.2 Å². The van der Waals surface area contributed by atoms with Gasteiger partial charge in [0.1, 0.15) is 0 Å². The maximum atomic E-state index is 12.8. The molecule has 1 aromatic carbocycles. The molecule has 26 heavy (non-hydrogen) atoms. The molecule has 1 fully saturated rings. The van der Waals surface area contributed by atoms with Gasteiger partial charge in [0.2, 0.25) is 5.91 Å². The molecule has 7 heteroatoms. The number of likely N-dealkylation sites (tertiary alicyclic amines) is 1. The average molecular weight is 408 g/mol. The monoisotopic (exact) mass is 407 g/mol. The highest BCUT2D eigenvalue weighted by Crippen LogP contribution is 2.32. The Kier molecular flexibility index (Phi) is 7.40. The third-order valence-electron chi connectivity index (χ3n) is 4.57. The number of hydrogen-bond donors (Lipinski definition) is 0. The molecule has 3 rings (SSSR count). The molecule has 1 saturated heterocycles. The highest BCUT2D eigenvalue weighted by Gasteiger charge is 2.27. The summed E-state index contributed by atoms with van der Waals surface area (Å²) in [5.74, 6) is 1.90. The van der Waals surface area contributed by atoms with Gasteiger partial charge in [-0.1, -0.05) is 72.1 Å². The van der Waals surface area contributed by atoms with Gasteiger partial charge in [-0.3, -0.25) is 4.79 Å². The minimum atomic E-state index is -0.104. The molecule has 0 bridgehead atoms. The Labute approximate surface area is 168 Å². The molecule has 1 aromatic heterocycles. The van der Waals surface area contributed by atoms with E-state index in [0.717, 1.165) is 46.8 Å². The van der Waals surface area contributed by atoms with E-state index in [2.05, 4.69) is 47.5 Å². The van der Waals surface area contributed by atoms with Crippen LogP contribution in [-0.4, -0.2) is 45.1 Å². The van der Waals surface area contributed by atoms with Gasteiger partial charge in [0.05, 0.1) is 5.25 Å². The molecule has 1 aliphatic heterocycles. The molecule has 0 radical (unpaired) electrons. The van der Waals surface area contributed by atoms with Gasteiger partial charge in [-0.25, -0.2) is 0 Å². The number of rotatable bonds is 7. The molecule has 1 amide bonds. The fourth-order valence-corrected chi connectivity index (χ4v) is 6.34. The highest BCUT2D eigenvalue weighted by atomic mass is 32.2. The summed E-state index contributed by atoms with van der Waals surface area (Å²) in [6.45, 7) is 5.83. The Morgan fingerprint density at radius 1 is 1.23 bits per heavy atom. The lowest BCUT2D eigenvalue weighted by Gasteiger charge is -2.33. The van der Waals surface area contributed by atoms with E-state index in [4.69, 9.17) is 0 Å². The first-order valence-corrected chi connectivity index (χ1v) is 11.8. The van der Waals surface area contributed by atoms with Gasteiger partial charge < -0.3 is 4.90 Å². The van der Waals surface area contributed by atoms with Crippen LogP contribution in [-0.2, 0) is 11.2 Å². The van der Waals surface area contributed by atoms with Crippen molar-refractivity contribution in [3.05, 3.63) is 35.9 Å². The molecule has 1 aliphatic rings. The topological polar surface area (TPSA) is 46.1 Å². The molecule has 2 aromatic rings. The number of benzene rings is 1. The van der Waals surface area contributed by atoms with Crippen molar-refractivity contribution in [1.82, 2.24) is 15.1 Å². The van der Waals surface area contributed by atoms with Gasteiger partial charge >= 0.3 is 0 Å². The third-order valence-corrected chi connectivity index (χ3v) is 7.69. The van der Waals surface area contributed by atoms with Crippen molar-refractivity contribution in [2.75, 3.05) is 18.8 Å². The summed E-state index contributed by atoms with van der Waals surface area (Å²) >= 11 is 4.82.